The van der Waals surface area contributed by atoms with E-state index in [0.717, 1.165) is 19.4 Å². The molecule has 5 nitrogen and oxygen atoms in total. The molecule has 0 bridgehead atoms. The van der Waals surface area contributed by atoms with Crippen LogP contribution >= 0.6 is 0 Å². The molecule has 2 heterocycles. The van der Waals surface area contributed by atoms with E-state index < -0.39 is 5.97 Å². The van der Waals surface area contributed by atoms with E-state index in [4.69, 9.17) is 9.15 Å². The van der Waals surface area contributed by atoms with Crippen molar-refractivity contribution >= 4 is 5.97 Å². The number of carbonyl (C=O) groups is 1. The highest BCUT2D eigenvalue weighted by Gasteiger charge is 2.29. The third-order valence-corrected chi connectivity index (χ3v) is 2.97. The van der Waals surface area contributed by atoms with Gasteiger partial charge in [0.1, 0.15) is 5.76 Å². The molecule has 0 radical (unpaired) electrons. The number of methoxy groups -OCH3 is 1. The molecule has 2 unspecified atom stereocenters. The zero-order chi connectivity index (χ0) is 12.3. The Morgan fingerprint density at radius 3 is 3.00 bits per heavy atom. The minimum Gasteiger partial charge on any atom is -0.463 e. The SMILES string of the molecule is CNC(c1ccc(C(=O)OC)o1)C1CCCO1. The van der Waals surface area contributed by atoms with Gasteiger partial charge in [0, 0.05) is 6.61 Å². The van der Waals surface area contributed by atoms with E-state index in [1.807, 2.05) is 7.05 Å². The molecule has 1 aromatic heterocycles. The Morgan fingerprint density at radius 2 is 2.41 bits per heavy atom. The molecule has 5 heteroatoms. The van der Waals surface area contributed by atoms with Crippen LogP contribution in [0.5, 0.6) is 0 Å². The predicted molar refractivity (Wildman–Crippen MR) is 60.8 cm³/mol. The van der Waals surface area contributed by atoms with Crippen LogP contribution in [0.25, 0.3) is 0 Å². The molecule has 1 N–H and O–H groups in total. The molecule has 1 aliphatic rings. The van der Waals surface area contributed by atoms with Crippen LogP contribution < -0.4 is 5.32 Å². The average Bonchev–Trinajstić information content (AvgIpc) is 3.00. The number of hydrogen-bond acceptors (Lipinski definition) is 5. The lowest BCUT2D eigenvalue weighted by molar-refractivity contribution is 0.0543. The van der Waals surface area contributed by atoms with Crippen molar-refractivity contribution in [3.63, 3.8) is 0 Å². The number of furan rings is 1. The average molecular weight is 239 g/mol. The molecule has 2 rings (SSSR count). The van der Waals surface area contributed by atoms with Crippen molar-refractivity contribution in [3.05, 3.63) is 23.7 Å². The fourth-order valence-corrected chi connectivity index (χ4v) is 2.11. The van der Waals surface area contributed by atoms with Crippen LogP contribution in [0.15, 0.2) is 16.5 Å². The Morgan fingerprint density at radius 1 is 1.59 bits per heavy atom. The Balaban J connectivity index is 2.13. The van der Waals surface area contributed by atoms with Gasteiger partial charge in [-0.1, -0.05) is 0 Å². The quantitative estimate of drug-likeness (QED) is 0.807. The molecule has 0 saturated carbocycles. The van der Waals surface area contributed by atoms with Crippen molar-refractivity contribution in [3.8, 4) is 0 Å². The number of hydrogen-bond donors (Lipinski definition) is 1. The van der Waals surface area contributed by atoms with Gasteiger partial charge in [0.25, 0.3) is 0 Å². The molecule has 1 aromatic rings. The summed E-state index contributed by atoms with van der Waals surface area (Å²) in [5.41, 5.74) is 0. The predicted octanol–water partition coefficient (Wildman–Crippen LogP) is 1.51. The maximum Gasteiger partial charge on any atom is 0.373 e. The summed E-state index contributed by atoms with van der Waals surface area (Å²) in [5, 5.41) is 3.16. The maximum atomic E-state index is 11.3. The highest BCUT2D eigenvalue weighted by atomic mass is 16.5. The van der Waals surface area contributed by atoms with E-state index in [-0.39, 0.29) is 17.9 Å². The first kappa shape index (κ1) is 12.1. The zero-order valence-corrected chi connectivity index (χ0v) is 10.1. The molecule has 1 aliphatic heterocycles. The fourth-order valence-electron chi connectivity index (χ4n) is 2.11. The van der Waals surface area contributed by atoms with Crippen molar-refractivity contribution in [1.29, 1.82) is 0 Å². The summed E-state index contributed by atoms with van der Waals surface area (Å²) in [7, 11) is 3.19. The van der Waals surface area contributed by atoms with Gasteiger partial charge in [-0.25, -0.2) is 4.79 Å². The number of rotatable bonds is 4. The second kappa shape index (κ2) is 5.33. The van der Waals surface area contributed by atoms with Gasteiger partial charge in [-0.3, -0.25) is 0 Å². The third kappa shape index (κ3) is 2.50. The van der Waals surface area contributed by atoms with Gasteiger partial charge in [-0.15, -0.1) is 0 Å². The lowest BCUT2D eigenvalue weighted by Crippen LogP contribution is -2.28. The van der Waals surface area contributed by atoms with E-state index in [0.29, 0.717) is 5.76 Å². The molecule has 1 saturated heterocycles. The van der Waals surface area contributed by atoms with Crippen LogP contribution in [-0.4, -0.2) is 32.8 Å². The smallest absolute Gasteiger partial charge is 0.373 e. The number of nitrogens with one attached hydrogen (secondary N) is 1. The van der Waals surface area contributed by atoms with Crippen LogP contribution in [-0.2, 0) is 9.47 Å². The molecule has 0 spiro atoms. The number of carbonyl (C=O) groups excluding carboxylic acids is 1. The first-order valence-electron chi connectivity index (χ1n) is 5.73. The highest BCUT2D eigenvalue weighted by Crippen LogP contribution is 2.27. The Labute approximate surface area is 100 Å². The van der Waals surface area contributed by atoms with E-state index in [9.17, 15) is 4.79 Å². The summed E-state index contributed by atoms with van der Waals surface area (Å²) < 4.78 is 15.7. The fraction of sp³-hybridized carbons (Fsp3) is 0.583. The van der Waals surface area contributed by atoms with Gasteiger partial charge < -0.3 is 19.2 Å². The van der Waals surface area contributed by atoms with Gasteiger partial charge >= 0.3 is 5.97 Å². The van der Waals surface area contributed by atoms with Gasteiger partial charge in [-0.05, 0) is 32.0 Å². The first-order chi connectivity index (χ1) is 8.26. The summed E-state index contributed by atoms with van der Waals surface area (Å²) in [6.07, 6.45) is 2.17. The Bertz CT molecular complexity index is 382. The molecular weight excluding hydrogens is 222 g/mol. The van der Waals surface area contributed by atoms with Crippen LogP contribution in [0.2, 0.25) is 0 Å². The van der Waals surface area contributed by atoms with E-state index in [1.165, 1.54) is 7.11 Å². The first-order valence-corrected chi connectivity index (χ1v) is 5.73. The standard InChI is InChI=1S/C12H17NO4/c1-13-11(8-4-3-7-16-8)9-5-6-10(17-9)12(14)15-2/h5-6,8,11,13H,3-4,7H2,1-2H3. The number of esters is 1. The minimum atomic E-state index is -0.460. The molecule has 0 aromatic carbocycles. The number of ether oxygens (including phenoxy) is 2. The minimum absolute atomic E-state index is 0.0177. The number of likely N-dealkylation sites (N-methyl/N-ethyl adjacent to an activating group) is 1. The monoisotopic (exact) mass is 239 g/mol. The molecular formula is C12H17NO4. The van der Waals surface area contributed by atoms with E-state index in [2.05, 4.69) is 10.1 Å². The van der Waals surface area contributed by atoms with Gasteiger partial charge in [-0.2, -0.15) is 0 Å². The Kier molecular flexibility index (Phi) is 3.81. The van der Waals surface area contributed by atoms with E-state index in [1.54, 1.807) is 12.1 Å². The largest absolute Gasteiger partial charge is 0.463 e. The highest BCUT2D eigenvalue weighted by molar-refractivity contribution is 5.86. The maximum absolute atomic E-state index is 11.3. The van der Waals surface area contributed by atoms with Crippen molar-refractivity contribution in [2.24, 2.45) is 0 Å². The molecule has 17 heavy (non-hydrogen) atoms. The summed E-state index contributed by atoms with van der Waals surface area (Å²) in [6.45, 7) is 0.785. The van der Waals surface area contributed by atoms with E-state index >= 15 is 0 Å². The van der Waals surface area contributed by atoms with Crippen LogP contribution in [0.1, 0.15) is 35.2 Å². The topological polar surface area (TPSA) is 60.7 Å². The van der Waals surface area contributed by atoms with Crippen molar-refractivity contribution in [2.75, 3.05) is 20.8 Å². The zero-order valence-electron chi connectivity index (χ0n) is 10.1. The van der Waals surface area contributed by atoms with Crippen LogP contribution in [0, 0.1) is 0 Å². The molecule has 0 aliphatic carbocycles. The molecule has 94 valence electrons. The van der Waals surface area contributed by atoms with Gasteiger partial charge in [0.2, 0.25) is 5.76 Å². The van der Waals surface area contributed by atoms with Crippen LogP contribution in [0.3, 0.4) is 0 Å². The van der Waals surface area contributed by atoms with Crippen molar-refractivity contribution in [1.82, 2.24) is 5.32 Å². The van der Waals surface area contributed by atoms with Crippen LogP contribution in [0.4, 0.5) is 0 Å². The summed E-state index contributed by atoms with van der Waals surface area (Å²) in [6, 6.07) is 3.39. The lowest BCUT2D eigenvalue weighted by atomic mass is 10.1. The molecule has 0 amide bonds. The summed E-state index contributed by atoms with van der Waals surface area (Å²) in [4.78, 5) is 11.3. The lowest BCUT2D eigenvalue weighted by Gasteiger charge is -2.20. The third-order valence-electron chi connectivity index (χ3n) is 2.97. The second-order valence-electron chi connectivity index (χ2n) is 4.01. The molecule has 1 fully saturated rings. The van der Waals surface area contributed by atoms with Crippen molar-refractivity contribution in [2.45, 2.75) is 25.0 Å². The van der Waals surface area contributed by atoms with Crippen molar-refractivity contribution < 1.29 is 18.7 Å². The van der Waals surface area contributed by atoms with Gasteiger partial charge in [0.05, 0.1) is 19.3 Å². The van der Waals surface area contributed by atoms with Gasteiger partial charge in [0.15, 0.2) is 0 Å². The summed E-state index contributed by atoms with van der Waals surface area (Å²) in [5.74, 6) is 0.471. The summed E-state index contributed by atoms with van der Waals surface area (Å²) >= 11 is 0. The molecule has 2 atom stereocenters. The second-order valence-corrected chi connectivity index (χ2v) is 4.01. The normalized spacial score (nSPS) is 21.4. The Hall–Kier alpha value is -1.33.